The molecule has 1 aliphatic rings. The van der Waals surface area contributed by atoms with E-state index in [1.54, 1.807) is 23.1 Å². The van der Waals surface area contributed by atoms with E-state index in [2.05, 4.69) is 20.1 Å². The molecule has 6 rings (SSSR count). The zero-order chi connectivity index (χ0) is 20.9. The second-order valence-corrected chi connectivity index (χ2v) is 7.61. The summed E-state index contributed by atoms with van der Waals surface area (Å²) in [6, 6.07) is 7.02. The standard InChI is InChI=1S/C22H17F2N7/c23-13-3-4-16(24)14(10-13)19-2-1-8-30(19)20-6-9-31-22(29-20)15(11-26-31)21-27-17-5-7-25-12-18(17)28-21/h3-7,9-12,19H,1-2,8H2,(H,27,28)/t19-/m1/s1. The van der Waals surface area contributed by atoms with Gasteiger partial charge in [-0.2, -0.15) is 5.10 Å². The fourth-order valence-electron chi connectivity index (χ4n) is 4.31. The van der Waals surface area contributed by atoms with E-state index in [1.807, 2.05) is 23.2 Å². The number of nitrogens with zero attached hydrogens (tertiary/aromatic N) is 6. The average Bonchev–Trinajstić information content (AvgIpc) is 3.52. The van der Waals surface area contributed by atoms with Gasteiger partial charge in [0.25, 0.3) is 0 Å². The number of pyridine rings is 1. The van der Waals surface area contributed by atoms with Gasteiger partial charge in [0.1, 0.15) is 23.3 Å². The van der Waals surface area contributed by atoms with E-state index in [0.717, 1.165) is 35.5 Å². The lowest BCUT2D eigenvalue weighted by Gasteiger charge is -2.26. The molecule has 4 aromatic heterocycles. The van der Waals surface area contributed by atoms with Crippen LogP contribution in [0.2, 0.25) is 0 Å². The molecule has 1 atom stereocenters. The highest BCUT2D eigenvalue weighted by atomic mass is 19.1. The van der Waals surface area contributed by atoms with Gasteiger partial charge in [0, 0.05) is 24.5 Å². The number of aromatic nitrogens is 6. The van der Waals surface area contributed by atoms with Crippen molar-refractivity contribution in [3.8, 4) is 11.4 Å². The minimum atomic E-state index is -0.441. The molecule has 0 radical (unpaired) electrons. The fourth-order valence-corrected chi connectivity index (χ4v) is 4.31. The SMILES string of the molecule is Fc1ccc(F)c([C@H]2CCCN2c2ccn3ncc(-c4nc5ccncc5[nH]4)c3n2)c1. The molecule has 1 saturated heterocycles. The summed E-state index contributed by atoms with van der Waals surface area (Å²) in [6.07, 6.45) is 8.55. The van der Waals surface area contributed by atoms with Crippen LogP contribution in [0.25, 0.3) is 28.1 Å². The van der Waals surface area contributed by atoms with E-state index in [4.69, 9.17) is 4.98 Å². The van der Waals surface area contributed by atoms with Crippen molar-refractivity contribution in [1.82, 2.24) is 29.5 Å². The fraction of sp³-hybridized carbons (Fsp3) is 0.182. The molecule has 5 heterocycles. The molecule has 154 valence electrons. The first kappa shape index (κ1) is 17.9. The van der Waals surface area contributed by atoms with Gasteiger partial charge in [-0.05, 0) is 43.2 Å². The van der Waals surface area contributed by atoms with Gasteiger partial charge in [-0.3, -0.25) is 4.98 Å². The van der Waals surface area contributed by atoms with E-state index in [1.165, 1.54) is 12.1 Å². The highest BCUT2D eigenvalue weighted by Gasteiger charge is 2.30. The Morgan fingerprint density at radius 3 is 2.90 bits per heavy atom. The molecule has 0 aliphatic carbocycles. The number of imidazole rings is 1. The molecular formula is C22H17F2N7. The smallest absolute Gasteiger partial charge is 0.168 e. The number of benzene rings is 1. The van der Waals surface area contributed by atoms with E-state index in [-0.39, 0.29) is 6.04 Å². The molecule has 7 nitrogen and oxygen atoms in total. The number of aromatic amines is 1. The van der Waals surface area contributed by atoms with Crippen LogP contribution < -0.4 is 4.90 Å². The Balaban J connectivity index is 1.43. The maximum absolute atomic E-state index is 14.5. The van der Waals surface area contributed by atoms with Gasteiger partial charge in [0.15, 0.2) is 5.65 Å². The summed E-state index contributed by atoms with van der Waals surface area (Å²) in [4.78, 5) is 18.8. The maximum atomic E-state index is 14.5. The van der Waals surface area contributed by atoms with Crippen LogP contribution in [0.5, 0.6) is 0 Å². The number of hydrogen-bond acceptors (Lipinski definition) is 5. The molecule has 0 bridgehead atoms. The summed E-state index contributed by atoms with van der Waals surface area (Å²) >= 11 is 0. The predicted octanol–water partition coefficient (Wildman–Crippen LogP) is 4.29. The monoisotopic (exact) mass is 417 g/mol. The third-order valence-electron chi connectivity index (χ3n) is 5.76. The van der Waals surface area contributed by atoms with E-state index < -0.39 is 11.6 Å². The van der Waals surface area contributed by atoms with Gasteiger partial charge < -0.3 is 9.88 Å². The third kappa shape index (κ3) is 2.92. The number of H-pyrrole nitrogens is 1. The Kier molecular flexibility index (Phi) is 3.95. The van der Waals surface area contributed by atoms with Gasteiger partial charge in [-0.25, -0.2) is 23.3 Å². The minimum Gasteiger partial charge on any atom is -0.349 e. The van der Waals surface area contributed by atoms with E-state index in [0.29, 0.717) is 29.4 Å². The van der Waals surface area contributed by atoms with Crippen molar-refractivity contribution in [2.24, 2.45) is 0 Å². The molecule has 1 aromatic carbocycles. The van der Waals surface area contributed by atoms with Crippen LogP contribution in [0.15, 0.2) is 55.1 Å². The van der Waals surface area contributed by atoms with Crippen LogP contribution in [0.1, 0.15) is 24.4 Å². The number of hydrogen-bond donors (Lipinski definition) is 1. The topological polar surface area (TPSA) is 75.0 Å². The molecule has 0 saturated carbocycles. The van der Waals surface area contributed by atoms with E-state index in [9.17, 15) is 8.78 Å². The average molecular weight is 417 g/mol. The van der Waals surface area contributed by atoms with Crippen LogP contribution in [-0.4, -0.2) is 36.1 Å². The molecule has 1 aliphatic heterocycles. The second-order valence-electron chi connectivity index (χ2n) is 7.61. The summed E-state index contributed by atoms with van der Waals surface area (Å²) in [5.41, 5.74) is 3.38. The van der Waals surface area contributed by atoms with Crippen LogP contribution in [0.3, 0.4) is 0 Å². The molecule has 0 amide bonds. The quantitative estimate of drug-likeness (QED) is 0.474. The predicted molar refractivity (Wildman–Crippen MR) is 112 cm³/mol. The highest BCUT2D eigenvalue weighted by Crippen LogP contribution is 2.37. The Labute approximate surface area is 175 Å². The largest absolute Gasteiger partial charge is 0.349 e. The Bertz CT molecular complexity index is 1390. The normalized spacial score (nSPS) is 16.6. The van der Waals surface area contributed by atoms with Gasteiger partial charge in [-0.1, -0.05) is 0 Å². The Morgan fingerprint density at radius 2 is 2.00 bits per heavy atom. The van der Waals surface area contributed by atoms with Gasteiger partial charge in [0.05, 0.1) is 35.0 Å². The second kappa shape index (κ2) is 6.83. The first-order valence-corrected chi connectivity index (χ1v) is 10.0. The third-order valence-corrected chi connectivity index (χ3v) is 5.76. The van der Waals surface area contributed by atoms with E-state index >= 15 is 0 Å². The first-order valence-electron chi connectivity index (χ1n) is 10.0. The van der Waals surface area contributed by atoms with Crippen LogP contribution in [0.4, 0.5) is 14.6 Å². The number of fused-ring (bicyclic) bond motifs is 2. The van der Waals surface area contributed by atoms with Crippen molar-refractivity contribution in [2.75, 3.05) is 11.4 Å². The van der Waals surface area contributed by atoms with Crippen molar-refractivity contribution < 1.29 is 8.78 Å². The van der Waals surface area contributed by atoms with Crippen molar-refractivity contribution in [2.45, 2.75) is 18.9 Å². The van der Waals surface area contributed by atoms with Crippen LogP contribution >= 0.6 is 0 Å². The van der Waals surface area contributed by atoms with Crippen molar-refractivity contribution >= 4 is 22.5 Å². The summed E-state index contributed by atoms with van der Waals surface area (Å²) in [5, 5.41) is 4.39. The summed E-state index contributed by atoms with van der Waals surface area (Å²) in [5.74, 6) is 0.499. The Morgan fingerprint density at radius 1 is 1.06 bits per heavy atom. The highest BCUT2D eigenvalue weighted by molar-refractivity contribution is 5.82. The maximum Gasteiger partial charge on any atom is 0.168 e. The van der Waals surface area contributed by atoms with Crippen molar-refractivity contribution in [1.29, 1.82) is 0 Å². The molecule has 1 N–H and O–H groups in total. The van der Waals surface area contributed by atoms with Crippen molar-refractivity contribution in [3.63, 3.8) is 0 Å². The molecule has 1 fully saturated rings. The van der Waals surface area contributed by atoms with Gasteiger partial charge in [0.2, 0.25) is 0 Å². The lowest BCUT2D eigenvalue weighted by Crippen LogP contribution is -2.24. The van der Waals surface area contributed by atoms with Gasteiger partial charge in [-0.15, -0.1) is 0 Å². The lowest BCUT2D eigenvalue weighted by molar-refractivity contribution is 0.560. The zero-order valence-corrected chi connectivity index (χ0v) is 16.3. The van der Waals surface area contributed by atoms with Crippen LogP contribution in [0, 0.1) is 11.6 Å². The van der Waals surface area contributed by atoms with Crippen LogP contribution in [-0.2, 0) is 0 Å². The molecule has 31 heavy (non-hydrogen) atoms. The summed E-state index contributed by atoms with van der Waals surface area (Å²) in [6.45, 7) is 0.712. The number of halogens is 2. The molecule has 5 aromatic rings. The van der Waals surface area contributed by atoms with Gasteiger partial charge >= 0.3 is 0 Å². The number of anilines is 1. The molecule has 0 unspecified atom stereocenters. The lowest BCUT2D eigenvalue weighted by atomic mass is 10.0. The first-order chi connectivity index (χ1) is 15.2. The summed E-state index contributed by atoms with van der Waals surface area (Å²) in [7, 11) is 0. The number of rotatable bonds is 3. The molecular weight excluding hydrogens is 400 g/mol. The molecule has 0 spiro atoms. The minimum absolute atomic E-state index is 0.269. The molecule has 9 heteroatoms. The summed E-state index contributed by atoms with van der Waals surface area (Å²) < 4.78 is 29.9. The zero-order valence-electron chi connectivity index (χ0n) is 16.3. The number of nitrogens with one attached hydrogen (secondary N) is 1. The van der Waals surface area contributed by atoms with Crippen molar-refractivity contribution in [3.05, 3.63) is 72.3 Å². The Hall–Kier alpha value is -3.88.